The summed E-state index contributed by atoms with van der Waals surface area (Å²) in [6.45, 7) is 3.93. The van der Waals surface area contributed by atoms with Crippen molar-refractivity contribution in [1.29, 1.82) is 5.26 Å². The van der Waals surface area contributed by atoms with Crippen molar-refractivity contribution in [3.63, 3.8) is 0 Å². The Labute approximate surface area is 110 Å². The Bertz CT molecular complexity index is 409. The number of nitrogens with one attached hydrogen (secondary N) is 1. The lowest BCUT2D eigenvalue weighted by molar-refractivity contribution is 0.175. The molecule has 0 amide bonds. The van der Waals surface area contributed by atoms with Gasteiger partial charge in [0.05, 0.1) is 18.5 Å². The van der Waals surface area contributed by atoms with Gasteiger partial charge >= 0.3 is 0 Å². The second kappa shape index (κ2) is 6.10. The van der Waals surface area contributed by atoms with E-state index >= 15 is 0 Å². The van der Waals surface area contributed by atoms with Crippen molar-refractivity contribution < 1.29 is 0 Å². The van der Waals surface area contributed by atoms with Gasteiger partial charge in [0.15, 0.2) is 0 Å². The Hall–Kier alpha value is -0.960. The van der Waals surface area contributed by atoms with Crippen LogP contribution >= 0.6 is 15.9 Å². The standard InChI is InChI=1S/C12H15BrN4/c13-12-10(2-1-5-16-12)11(3-4-14)17-8-6-15-7-9-17/h1-2,5,11,15H,3,6-9H2/t11-/m1/s1. The van der Waals surface area contributed by atoms with E-state index in [4.69, 9.17) is 5.26 Å². The quantitative estimate of drug-likeness (QED) is 0.862. The molecule has 0 radical (unpaired) electrons. The highest BCUT2D eigenvalue weighted by Crippen LogP contribution is 2.28. The molecule has 4 nitrogen and oxygen atoms in total. The molecule has 1 aliphatic rings. The molecule has 1 aromatic rings. The van der Waals surface area contributed by atoms with E-state index in [1.54, 1.807) is 6.20 Å². The van der Waals surface area contributed by atoms with Crippen molar-refractivity contribution in [2.75, 3.05) is 26.2 Å². The summed E-state index contributed by atoms with van der Waals surface area (Å²) < 4.78 is 0.846. The highest BCUT2D eigenvalue weighted by molar-refractivity contribution is 9.10. The van der Waals surface area contributed by atoms with Crippen LogP contribution in [0, 0.1) is 11.3 Å². The van der Waals surface area contributed by atoms with Crippen LogP contribution in [0.2, 0.25) is 0 Å². The summed E-state index contributed by atoms with van der Waals surface area (Å²) in [7, 11) is 0. The zero-order valence-electron chi connectivity index (χ0n) is 9.56. The van der Waals surface area contributed by atoms with Gasteiger partial charge in [-0.2, -0.15) is 5.26 Å². The smallest absolute Gasteiger partial charge is 0.110 e. The molecule has 1 N–H and O–H groups in total. The van der Waals surface area contributed by atoms with Gasteiger partial charge in [-0.3, -0.25) is 4.90 Å². The van der Waals surface area contributed by atoms with E-state index < -0.39 is 0 Å². The molecule has 0 saturated carbocycles. The van der Waals surface area contributed by atoms with E-state index in [9.17, 15) is 0 Å². The van der Waals surface area contributed by atoms with Gasteiger partial charge < -0.3 is 5.32 Å². The molecular weight excluding hydrogens is 280 g/mol. The van der Waals surface area contributed by atoms with Gasteiger partial charge in [-0.05, 0) is 22.0 Å². The van der Waals surface area contributed by atoms with Crippen LogP contribution in [0.3, 0.4) is 0 Å². The summed E-state index contributed by atoms with van der Waals surface area (Å²) in [5, 5.41) is 12.3. The Morgan fingerprint density at radius 2 is 2.29 bits per heavy atom. The van der Waals surface area contributed by atoms with E-state index in [0.29, 0.717) is 6.42 Å². The molecule has 0 aliphatic carbocycles. The molecule has 1 atom stereocenters. The highest BCUT2D eigenvalue weighted by Gasteiger charge is 2.23. The number of nitrogens with zero attached hydrogens (tertiary/aromatic N) is 3. The lowest BCUT2D eigenvalue weighted by Crippen LogP contribution is -2.45. The third-order valence-electron chi connectivity index (χ3n) is 3.02. The van der Waals surface area contributed by atoms with E-state index in [-0.39, 0.29) is 6.04 Å². The van der Waals surface area contributed by atoms with Gasteiger partial charge in [0.25, 0.3) is 0 Å². The largest absolute Gasteiger partial charge is 0.314 e. The van der Waals surface area contributed by atoms with Crippen LogP contribution in [0.25, 0.3) is 0 Å². The lowest BCUT2D eigenvalue weighted by Gasteiger charge is -2.34. The third-order valence-corrected chi connectivity index (χ3v) is 3.69. The number of piperazine rings is 1. The van der Waals surface area contributed by atoms with Gasteiger partial charge in [0, 0.05) is 37.9 Å². The first-order valence-corrected chi connectivity index (χ1v) is 6.54. The van der Waals surface area contributed by atoms with Crippen LogP contribution in [0.5, 0.6) is 0 Å². The summed E-state index contributed by atoms with van der Waals surface area (Å²) in [6.07, 6.45) is 2.26. The number of hydrogen-bond acceptors (Lipinski definition) is 4. The fourth-order valence-electron chi connectivity index (χ4n) is 2.16. The first kappa shape index (κ1) is 12.5. The maximum absolute atomic E-state index is 8.99. The van der Waals surface area contributed by atoms with Crippen LogP contribution in [0.15, 0.2) is 22.9 Å². The molecule has 2 heterocycles. The fraction of sp³-hybridized carbons (Fsp3) is 0.500. The summed E-state index contributed by atoms with van der Waals surface area (Å²) in [5.74, 6) is 0. The predicted octanol–water partition coefficient (Wildman–Crippen LogP) is 1.70. The number of rotatable bonds is 3. The van der Waals surface area contributed by atoms with Crippen LogP contribution in [-0.2, 0) is 0 Å². The van der Waals surface area contributed by atoms with Crippen molar-refractivity contribution in [3.05, 3.63) is 28.5 Å². The summed E-state index contributed by atoms with van der Waals surface area (Å²) >= 11 is 3.47. The van der Waals surface area contributed by atoms with Crippen molar-refractivity contribution in [3.8, 4) is 6.07 Å². The minimum absolute atomic E-state index is 0.144. The lowest BCUT2D eigenvalue weighted by atomic mass is 10.0. The molecule has 17 heavy (non-hydrogen) atoms. The molecule has 0 spiro atoms. The van der Waals surface area contributed by atoms with Gasteiger partial charge in [0.2, 0.25) is 0 Å². The Kier molecular flexibility index (Phi) is 4.49. The summed E-state index contributed by atoms with van der Waals surface area (Å²) in [4.78, 5) is 6.59. The van der Waals surface area contributed by atoms with E-state index in [1.807, 2.05) is 12.1 Å². The Morgan fingerprint density at radius 1 is 1.53 bits per heavy atom. The summed E-state index contributed by atoms with van der Waals surface area (Å²) in [5.41, 5.74) is 1.11. The monoisotopic (exact) mass is 294 g/mol. The SMILES string of the molecule is N#CC[C@H](c1cccnc1Br)N1CCNCC1. The third kappa shape index (κ3) is 3.03. The van der Waals surface area contributed by atoms with Crippen molar-refractivity contribution in [2.45, 2.75) is 12.5 Å². The van der Waals surface area contributed by atoms with Crippen molar-refractivity contribution in [2.24, 2.45) is 0 Å². The molecular formula is C12H15BrN4. The molecule has 0 aromatic carbocycles. The number of hydrogen-bond donors (Lipinski definition) is 1. The minimum atomic E-state index is 0.144. The van der Waals surface area contributed by atoms with Gasteiger partial charge in [-0.15, -0.1) is 0 Å². The fourth-order valence-corrected chi connectivity index (χ4v) is 2.68. The van der Waals surface area contributed by atoms with Crippen molar-refractivity contribution >= 4 is 15.9 Å². The molecule has 0 bridgehead atoms. The van der Waals surface area contributed by atoms with Crippen LogP contribution in [-0.4, -0.2) is 36.1 Å². The molecule has 1 fully saturated rings. The van der Waals surface area contributed by atoms with E-state index in [1.165, 1.54) is 0 Å². The molecule has 1 aromatic heterocycles. The normalized spacial score (nSPS) is 18.6. The maximum Gasteiger partial charge on any atom is 0.110 e. The molecule has 2 rings (SSSR count). The zero-order chi connectivity index (χ0) is 12.1. The molecule has 1 saturated heterocycles. The maximum atomic E-state index is 8.99. The average molecular weight is 295 g/mol. The molecule has 0 unspecified atom stereocenters. The molecule has 1 aliphatic heterocycles. The Balaban J connectivity index is 2.22. The average Bonchev–Trinajstić information content (AvgIpc) is 2.38. The number of nitriles is 1. The molecule has 90 valence electrons. The van der Waals surface area contributed by atoms with Crippen LogP contribution in [0.1, 0.15) is 18.0 Å². The predicted molar refractivity (Wildman–Crippen MR) is 69.4 cm³/mol. The van der Waals surface area contributed by atoms with Crippen LogP contribution in [0.4, 0.5) is 0 Å². The number of aromatic nitrogens is 1. The second-order valence-electron chi connectivity index (χ2n) is 4.05. The second-order valence-corrected chi connectivity index (χ2v) is 4.80. The topological polar surface area (TPSA) is 52.0 Å². The first-order valence-electron chi connectivity index (χ1n) is 5.75. The summed E-state index contributed by atoms with van der Waals surface area (Å²) in [6, 6.07) is 6.39. The first-order chi connectivity index (χ1) is 8.33. The Morgan fingerprint density at radius 3 is 2.94 bits per heavy atom. The van der Waals surface area contributed by atoms with Gasteiger partial charge in [0.1, 0.15) is 4.60 Å². The van der Waals surface area contributed by atoms with Crippen molar-refractivity contribution in [1.82, 2.24) is 15.2 Å². The number of pyridine rings is 1. The van der Waals surface area contributed by atoms with E-state index in [0.717, 1.165) is 36.3 Å². The zero-order valence-corrected chi connectivity index (χ0v) is 11.2. The highest BCUT2D eigenvalue weighted by atomic mass is 79.9. The molecule has 5 heteroatoms. The number of halogens is 1. The van der Waals surface area contributed by atoms with Crippen LogP contribution < -0.4 is 5.32 Å². The van der Waals surface area contributed by atoms with Gasteiger partial charge in [-0.1, -0.05) is 6.07 Å². The minimum Gasteiger partial charge on any atom is -0.314 e. The van der Waals surface area contributed by atoms with Gasteiger partial charge in [-0.25, -0.2) is 4.98 Å². The van der Waals surface area contributed by atoms with E-state index in [2.05, 4.69) is 37.2 Å².